The van der Waals surface area contributed by atoms with Crippen LogP contribution in [0.5, 0.6) is 0 Å². The molecule has 1 aromatic carbocycles. The van der Waals surface area contributed by atoms with Crippen molar-refractivity contribution in [3.05, 3.63) is 33.5 Å². The lowest BCUT2D eigenvalue weighted by Gasteiger charge is -2.29. The Balaban J connectivity index is 1.91. The Morgan fingerprint density at radius 2 is 2.00 bits per heavy atom. The monoisotopic (exact) mass is 355 g/mol. The van der Waals surface area contributed by atoms with E-state index in [0.29, 0.717) is 16.7 Å². The van der Waals surface area contributed by atoms with Crippen LogP contribution in [0.3, 0.4) is 0 Å². The maximum absolute atomic E-state index is 6.41. The average Bonchev–Trinajstić information content (AvgIpc) is 2.93. The predicted molar refractivity (Wildman–Crippen MR) is 81.4 cm³/mol. The fraction of sp³-hybridized carbons (Fsp3) is 0.429. The zero-order valence-electron chi connectivity index (χ0n) is 10.9. The van der Waals surface area contributed by atoms with E-state index >= 15 is 0 Å². The van der Waals surface area contributed by atoms with Crippen LogP contribution in [0.4, 0.5) is 0 Å². The van der Waals surface area contributed by atoms with Gasteiger partial charge in [-0.25, -0.2) is 0 Å². The number of hydrogen-bond donors (Lipinski definition) is 1. The fourth-order valence-electron chi connectivity index (χ4n) is 2.58. The number of hydrogen-bond acceptors (Lipinski definition) is 4. The topological polar surface area (TPSA) is 64.9 Å². The zero-order chi connectivity index (χ0) is 14.2. The molecule has 0 saturated heterocycles. The molecule has 0 aliphatic heterocycles. The summed E-state index contributed by atoms with van der Waals surface area (Å²) < 4.78 is 6.19. The highest BCUT2D eigenvalue weighted by Crippen LogP contribution is 2.34. The maximum atomic E-state index is 6.41. The Hall–Kier alpha value is -0.910. The average molecular weight is 357 g/mol. The van der Waals surface area contributed by atoms with E-state index in [1.54, 1.807) is 6.07 Å². The molecule has 2 aromatic rings. The van der Waals surface area contributed by atoms with Crippen LogP contribution < -0.4 is 5.73 Å². The lowest BCUT2D eigenvalue weighted by Crippen LogP contribution is -2.39. The fourth-order valence-corrected chi connectivity index (χ4v) is 3.01. The minimum absolute atomic E-state index is 0.445. The van der Waals surface area contributed by atoms with Gasteiger partial charge in [0.05, 0.1) is 10.6 Å². The van der Waals surface area contributed by atoms with E-state index in [1.165, 1.54) is 6.42 Å². The van der Waals surface area contributed by atoms with Crippen molar-refractivity contribution in [2.45, 2.75) is 37.6 Å². The van der Waals surface area contributed by atoms with Crippen molar-refractivity contribution in [1.82, 2.24) is 10.1 Å². The third kappa shape index (κ3) is 2.62. The smallest absolute Gasteiger partial charge is 0.258 e. The van der Waals surface area contributed by atoms with E-state index < -0.39 is 5.54 Å². The van der Waals surface area contributed by atoms with Crippen LogP contribution >= 0.6 is 27.5 Å². The van der Waals surface area contributed by atoms with Gasteiger partial charge in [-0.3, -0.25) is 0 Å². The molecule has 0 spiro atoms. The van der Waals surface area contributed by atoms with Crippen molar-refractivity contribution in [2.75, 3.05) is 0 Å². The van der Waals surface area contributed by atoms with E-state index in [9.17, 15) is 0 Å². The SMILES string of the molecule is NC1(c2noc(-c3ccc(Br)c(Cl)c3)n2)CCCCC1. The van der Waals surface area contributed by atoms with E-state index in [0.717, 1.165) is 35.7 Å². The van der Waals surface area contributed by atoms with Crippen molar-refractivity contribution in [2.24, 2.45) is 5.73 Å². The molecule has 0 radical (unpaired) electrons. The lowest BCUT2D eigenvalue weighted by atomic mass is 9.82. The first-order valence-corrected chi connectivity index (χ1v) is 7.84. The lowest BCUT2D eigenvalue weighted by molar-refractivity contribution is 0.275. The minimum atomic E-state index is -0.445. The molecule has 4 nitrogen and oxygen atoms in total. The normalized spacial score (nSPS) is 18.1. The molecule has 1 heterocycles. The van der Waals surface area contributed by atoms with E-state index in [-0.39, 0.29) is 0 Å². The second kappa shape index (κ2) is 5.47. The van der Waals surface area contributed by atoms with E-state index in [1.807, 2.05) is 12.1 Å². The standard InChI is InChI=1S/C14H15BrClN3O/c15-10-5-4-9(8-11(10)16)12-18-13(19-20-12)14(17)6-2-1-3-7-14/h4-5,8H,1-3,6-7,17H2. The number of aromatic nitrogens is 2. The molecule has 2 N–H and O–H groups in total. The summed E-state index contributed by atoms with van der Waals surface area (Å²) in [5.74, 6) is 1.07. The second-order valence-electron chi connectivity index (χ2n) is 5.27. The molecule has 6 heteroatoms. The maximum Gasteiger partial charge on any atom is 0.258 e. The molecular weight excluding hydrogens is 342 g/mol. The van der Waals surface area contributed by atoms with Crippen molar-refractivity contribution in [1.29, 1.82) is 0 Å². The third-order valence-corrected chi connectivity index (χ3v) is 5.02. The first-order chi connectivity index (χ1) is 9.58. The highest BCUT2D eigenvalue weighted by atomic mass is 79.9. The molecule has 0 bridgehead atoms. The van der Waals surface area contributed by atoms with Crippen LogP contribution in [-0.2, 0) is 5.54 Å². The predicted octanol–water partition coefficient (Wildman–Crippen LogP) is 4.27. The first-order valence-electron chi connectivity index (χ1n) is 6.67. The van der Waals surface area contributed by atoms with Crippen molar-refractivity contribution in [3.8, 4) is 11.5 Å². The number of nitrogens with zero attached hydrogens (tertiary/aromatic N) is 2. The van der Waals surface area contributed by atoms with Gasteiger partial charge in [0.15, 0.2) is 5.82 Å². The number of rotatable bonds is 2. The van der Waals surface area contributed by atoms with Gasteiger partial charge in [0.2, 0.25) is 0 Å². The van der Waals surface area contributed by atoms with Gasteiger partial charge < -0.3 is 10.3 Å². The summed E-state index contributed by atoms with van der Waals surface area (Å²) in [5, 5.41) is 4.69. The molecule has 20 heavy (non-hydrogen) atoms. The van der Waals surface area contributed by atoms with Crippen LogP contribution in [0.15, 0.2) is 27.2 Å². The second-order valence-corrected chi connectivity index (χ2v) is 6.53. The number of nitrogens with two attached hydrogens (primary N) is 1. The molecule has 1 fully saturated rings. The molecule has 106 valence electrons. The largest absolute Gasteiger partial charge is 0.334 e. The summed E-state index contributed by atoms with van der Waals surface area (Å²) in [6.07, 6.45) is 5.28. The van der Waals surface area contributed by atoms with Gasteiger partial charge >= 0.3 is 0 Å². The van der Waals surface area contributed by atoms with Crippen molar-refractivity contribution >= 4 is 27.5 Å². The van der Waals surface area contributed by atoms with E-state index in [2.05, 4.69) is 26.1 Å². The molecule has 0 unspecified atom stereocenters. The molecule has 3 rings (SSSR count). The van der Waals surface area contributed by atoms with Crippen molar-refractivity contribution < 1.29 is 4.52 Å². The quantitative estimate of drug-likeness (QED) is 0.872. The number of halogens is 2. The van der Waals surface area contributed by atoms with Gasteiger partial charge in [0.25, 0.3) is 5.89 Å². The van der Waals surface area contributed by atoms with Crippen LogP contribution in [0.2, 0.25) is 5.02 Å². The molecule has 1 aliphatic carbocycles. The summed E-state index contributed by atoms with van der Waals surface area (Å²) in [7, 11) is 0. The van der Waals surface area contributed by atoms with Crippen LogP contribution in [0, 0.1) is 0 Å². The van der Waals surface area contributed by atoms with Gasteiger partial charge in [-0.2, -0.15) is 4.98 Å². The summed E-state index contributed by atoms with van der Waals surface area (Å²) in [4.78, 5) is 4.47. The van der Waals surface area contributed by atoms with Gasteiger partial charge in [0.1, 0.15) is 0 Å². The molecule has 1 aliphatic rings. The van der Waals surface area contributed by atoms with Crippen LogP contribution in [0.1, 0.15) is 37.9 Å². The first kappa shape index (κ1) is 14.0. The summed E-state index contributed by atoms with van der Waals surface area (Å²) in [6.45, 7) is 0. The minimum Gasteiger partial charge on any atom is -0.334 e. The van der Waals surface area contributed by atoms with Crippen LogP contribution in [-0.4, -0.2) is 10.1 Å². The Morgan fingerprint density at radius 1 is 1.25 bits per heavy atom. The molecule has 0 atom stereocenters. The Morgan fingerprint density at radius 3 is 2.70 bits per heavy atom. The summed E-state index contributed by atoms with van der Waals surface area (Å²) in [5.41, 5.74) is 6.76. The highest BCUT2D eigenvalue weighted by molar-refractivity contribution is 9.10. The highest BCUT2D eigenvalue weighted by Gasteiger charge is 2.34. The van der Waals surface area contributed by atoms with E-state index in [4.69, 9.17) is 21.9 Å². The zero-order valence-corrected chi connectivity index (χ0v) is 13.2. The van der Waals surface area contributed by atoms with Gasteiger partial charge in [-0.1, -0.05) is 36.0 Å². The van der Waals surface area contributed by atoms with Crippen molar-refractivity contribution in [3.63, 3.8) is 0 Å². The Kier molecular flexibility index (Phi) is 3.84. The van der Waals surface area contributed by atoms with Gasteiger partial charge in [-0.05, 0) is 47.0 Å². The van der Waals surface area contributed by atoms with Gasteiger partial charge in [0, 0.05) is 10.0 Å². The van der Waals surface area contributed by atoms with Crippen LogP contribution in [0.25, 0.3) is 11.5 Å². The molecule has 1 aromatic heterocycles. The molecule has 1 saturated carbocycles. The third-order valence-electron chi connectivity index (χ3n) is 3.78. The Labute approximate surface area is 130 Å². The molecule has 0 amide bonds. The summed E-state index contributed by atoms with van der Waals surface area (Å²) in [6, 6.07) is 5.55. The summed E-state index contributed by atoms with van der Waals surface area (Å²) >= 11 is 9.44. The van der Waals surface area contributed by atoms with Gasteiger partial charge in [-0.15, -0.1) is 0 Å². The number of benzene rings is 1. The Bertz CT molecular complexity index is 623. The molecular formula is C14H15BrClN3O.